The van der Waals surface area contributed by atoms with Gasteiger partial charge in [0.2, 0.25) is 0 Å². The molecule has 0 bridgehead atoms. The Hall–Kier alpha value is -2.87. The second-order valence-electron chi connectivity index (χ2n) is 7.36. The first-order valence-electron chi connectivity index (χ1n) is 9.58. The Morgan fingerprint density at radius 3 is 2.30 bits per heavy atom. The minimum absolute atomic E-state index is 0.0318. The van der Waals surface area contributed by atoms with Crippen molar-refractivity contribution in [3.05, 3.63) is 59.2 Å². The van der Waals surface area contributed by atoms with E-state index in [-0.39, 0.29) is 23.8 Å². The predicted octanol–water partition coefficient (Wildman–Crippen LogP) is 5.59. The summed E-state index contributed by atoms with van der Waals surface area (Å²) >= 11 is 1.26. The summed E-state index contributed by atoms with van der Waals surface area (Å²) in [5.41, 5.74) is 1.59. The third-order valence-electron chi connectivity index (χ3n) is 5.30. The second-order valence-corrected chi connectivity index (χ2v) is 8.22. The number of hydrogen-bond acceptors (Lipinski definition) is 4. The number of anilines is 1. The maximum Gasteiger partial charge on any atom is 0.303 e. The topological polar surface area (TPSA) is 53.4 Å². The van der Waals surface area contributed by atoms with Crippen LogP contribution < -0.4 is 4.90 Å². The number of benzene rings is 2. The van der Waals surface area contributed by atoms with Gasteiger partial charge in [-0.15, -0.1) is 11.3 Å². The standard InChI is InChI=1S/C22H19F3N2O2S/c23-16-3-1-14(2-4-16)19-12-30-22(26-19)15-10-17(24)21(18(25)11-15)27-7-5-13(6-8-27)9-20(28)29/h1-4,10-13H,5-9H2,(H,28,29). The zero-order valence-electron chi connectivity index (χ0n) is 15.9. The molecule has 30 heavy (non-hydrogen) atoms. The molecule has 2 heterocycles. The number of aromatic nitrogens is 1. The molecular formula is C22H19F3N2O2S. The fourth-order valence-electron chi connectivity index (χ4n) is 3.76. The first kappa shape index (κ1) is 20.4. The highest BCUT2D eigenvalue weighted by atomic mass is 32.1. The van der Waals surface area contributed by atoms with Crippen LogP contribution in [-0.2, 0) is 4.79 Å². The second kappa shape index (κ2) is 8.47. The number of halogens is 3. The van der Waals surface area contributed by atoms with E-state index in [1.807, 2.05) is 0 Å². The van der Waals surface area contributed by atoms with E-state index in [1.165, 1.54) is 35.6 Å². The molecule has 3 aromatic rings. The molecule has 0 radical (unpaired) electrons. The lowest BCUT2D eigenvalue weighted by molar-refractivity contribution is -0.138. The van der Waals surface area contributed by atoms with E-state index in [0.717, 1.165) is 5.56 Å². The van der Waals surface area contributed by atoms with Crippen LogP contribution in [0.25, 0.3) is 21.8 Å². The van der Waals surface area contributed by atoms with Crippen molar-refractivity contribution in [1.82, 2.24) is 4.98 Å². The van der Waals surface area contributed by atoms with Crippen molar-refractivity contribution in [2.75, 3.05) is 18.0 Å². The van der Waals surface area contributed by atoms with Crippen LogP contribution in [0.3, 0.4) is 0 Å². The van der Waals surface area contributed by atoms with Crippen LogP contribution in [0, 0.1) is 23.4 Å². The molecule has 0 atom stereocenters. The van der Waals surface area contributed by atoms with Crippen LogP contribution in [0.4, 0.5) is 18.9 Å². The summed E-state index contributed by atoms with van der Waals surface area (Å²) < 4.78 is 42.7. The number of piperidine rings is 1. The fraction of sp³-hybridized carbons (Fsp3) is 0.273. The van der Waals surface area contributed by atoms with Crippen LogP contribution >= 0.6 is 11.3 Å². The van der Waals surface area contributed by atoms with E-state index in [0.29, 0.717) is 42.2 Å². The molecule has 1 N–H and O–H groups in total. The lowest BCUT2D eigenvalue weighted by Crippen LogP contribution is -2.35. The third kappa shape index (κ3) is 4.33. The van der Waals surface area contributed by atoms with Crippen LogP contribution in [0.5, 0.6) is 0 Å². The number of aliphatic carboxylic acids is 1. The Bertz CT molecular complexity index is 1040. The van der Waals surface area contributed by atoms with Crippen molar-refractivity contribution in [2.24, 2.45) is 5.92 Å². The molecule has 4 rings (SSSR count). The molecule has 4 nitrogen and oxygen atoms in total. The molecule has 2 aromatic carbocycles. The molecule has 1 saturated heterocycles. The Balaban J connectivity index is 1.54. The predicted molar refractivity (Wildman–Crippen MR) is 110 cm³/mol. The first-order chi connectivity index (χ1) is 14.4. The average Bonchev–Trinajstić information content (AvgIpc) is 3.19. The normalized spacial score (nSPS) is 14.8. The van der Waals surface area contributed by atoms with Crippen LogP contribution in [0.15, 0.2) is 41.8 Å². The molecule has 156 valence electrons. The molecule has 0 aliphatic carbocycles. The molecule has 1 aliphatic rings. The molecule has 1 fully saturated rings. The van der Waals surface area contributed by atoms with Gasteiger partial charge >= 0.3 is 5.97 Å². The van der Waals surface area contributed by atoms with Gasteiger partial charge in [-0.3, -0.25) is 4.79 Å². The third-order valence-corrected chi connectivity index (χ3v) is 6.19. The molecule has 0 spiro atoms. The van der Waals surface area contributed by atoms with Gasteiger partial charge in [-0.05, 0) is 55.2 Å². The van der Waals surface area contributed by atoms with Crippen molar-refractivity contribution in [2.45, 2.75) is 19.3 Å². The van der Waals surface area contributed by atoms with Crippen molar-refractivity contribution in [3.63, 3.8) is 0 Å². The molecule has 0 unspecified atom stereocenters. The maximum atomic E-state index is 14.8. The summed E-state index contributed by atoms with van der Waals surface area (Å²) in [6, 6.07) is 8.42. The summed E-state index contributed by atoms with van der Waals surface area (Å²) in [6.07, 6.45) is 1.25. The molecule has 1 aromatic heterocycles. The van der Waals surface area contributed by atoms with Crippen LogP contribution in [-0.4, -0.2) is 29.1 Å². The Labute approximate surface area is 175 Å². The number of rotatable bonds is 5. The summed E-state index contributed by atoms with van der Waals surface area (Å²) in [5, 5.41) is 11.1. The van der Waals surface area contributed by atoms with Crippen LogP contribution in [0.2, 0.25) is 0 Å². The number of carboxylic acids is 1. The molecular weight excluding hydrogens is 413 g/mol. The van der Waals surface area contributed by atoms with E-state index < -0.39 is 17.6 Å². The van der Waals surface area contributed by atoms with Crippen molar-refractivity contribution in [3.8, 4) is 21.8 Å². The molecule has 0 amide bonds. The van der Waals surface area contributed by atoms with Gasteiger partial charge in [0.1, 0.15) is 28.1 Å². The first-order valence-corrected chi connectivity index (χ1v) is 10.5. The summed E-state index contributed by atoms with van der Waals surface area (Å²) in [7, 11) is 0. The number of carbonyl (C=O) groups is 1. The highest BCUT2D eigenvalue weighted by molar-refractivity contribution is 7.13. The average molecular weight is 432 g/mol. The smallest absolute Gasteiger partial charge is 0.303 e. The summed E-state index contributed by atoms with van der Waals surface area (Å²) in [5.74, 6) is -2.50. The van der Waals surface area contributed by atoms with Gasteiger partial charge in [-0.2, -0.15) is 0 Å². The number of hydrogen-bond donors (Lipinski definition) is 1. The van der Waals surface area contributed by atoms with Gasteiger partial charge in [0.15, 0.2) is 0 Å². The number of nitrogens with zero attached hydrogens (tertiary/aromatic N) is 2. The summed E-state index contributed by atoms with van der Waals surface area (Å²) in [4.78, 5) is 16.9. The van der Waals surface area contributed by atoms with Gasteiger partial charge in [0.05, 0.1) is 5.69 Å². The zero-order chi connectivity index (χ0) is 21.3. The van der Waals surface area contributed by atoms with E-state index in [1.54, 1.807) is 22.4 Å². The highest BCUT2D eigenvalue weighted by Crippen LogP contribution is 2.35. The molecule has 8 heteroatoms. The maximum absolute atomic E-state index is 14.8. The van der Waals surface area contributed by atoms with Crippen molar-refractivity contribution >= 4 is 23.0 Å². The van der Waals surface area contributed by atoms with Gasteiger partial charge in [0.25, 0.3) is 0 Å². The van der Waals surface area contributed by atoms with E-state index in [4.69, 9.17) is 5.11 Å². The Kier molecular flexibility index (Phi) is 5.76. The van der Waals surface area contributed by atoms with E-state index >= 15 is 0 Å². The van der Waals surface area contributed by atoms with Gasteiger partial charge < -0.3 is 10.0 Å². The minimum atomic E-state index is -0.849. The molecule has 0 saturated carbocycles. The van der Waals surface area contributed by atoms with Gasteiger partial charge in [-0.25, -0.2) is 18.2 Å². The van der Waals surface area contributed by atoms with Gasteiger partial charge in [-0.1, -0.05) is 0 Å². The number of thiazole rings is 1. The van der Waals surface area contributed by atoms with Crippen molar-refractivity contribution < 1.29 is 23.1 Å². The number of carboxylic acid groups (broad SMARTS) is 1. The van der Waals surface area contributed by atoms with E-state index in [9.17, 15) is 18.0 Å². The fourth-order valence-corrected chi connectivity index (χ4v) is 4.58. The summed E-state index contributed by atoms with van der Waals surface area (Å²) in [6.45, 7) is 0.828. The Morgan fingerprint density at radius 1 is 1.07 bits per heavy atom. The van der Waals surface area contributed by atoms with E-state index in [2.05, 4.69) is 4.98 Å². The minimum Gasteiger partial charge on any atom is -0.481 e. The Morgan fingerprint density at radius 2 is 1.70 bits per heavy atom. The van der Waals surface area contributed by atoms with Crippen molar-refractivity contribution in [1.29, 1.82) is 0 Å². The SMILES string of the molecule is O=C(O)CC1CCN(c2c(F)cc(-c3nc(-c4ccc(F)cc4)cs3)cc2F)CC1. The molecule has 1 aliphatic heterocycles. The van der Waals surface area contributed by atoms with Crippen LogP contribution in [0.1, 0.15) is 19.3 Å². The highest BCUT2D eigenvalue weighted by Gasteiger charge is 2.26. The monoisotopic (exact) mass is 432 g/mol. The largest absolute Gasteiger partial charge is 0.481 e. The quantitative estimate of drug-likeness (QED) is 0.571. The lowest BCUT2D eigenvalue weighted by atomic mass is 9.93. The zero-order valence-corrected chi connectivity index (χ0v) is 16.8. The lowest BCUT2D eigenvalue weighted by Gasteiger charge is -2.33. The van der Waals surface area contributed by atoms with Gasteiger partial charge in [0, 0.05) is 36.0 Å².